The third kappa shape index (κ3) is 12.9. The Morgan fingerprint density at radius 1 is 0.687 bits per heavy atom. The molecule has 67 heavy (non-hydrogen) atoms. The normalized spacial score (nSPS) is 13.1. The first-order valence-corrected chi connectivity index (χ1v) is 25.2. The molecule has 2 aromatic heterocycles. The van der Waals surface area contributed by atoms with Gasteiger partial charge in [0, 0.05) is 34.7 Å². The number of ether oxygens (including phenoxy) is 1. The molecule has 4 aromatic carbocycles. The number of hydrogen-bond donors (Lipinski definition) is 0. The van der Waals surface area contributed by atoms with Crippen LogP contribution in [0.25, 0.3) is 22.0 Å². The second-order valence-corrected chi connectivity index (χ2v) is 21.8. The number of alkyl halides is 6. The Kier molecular flexibility index (Phi) is 18.2. The van der Waals surface area contributed by atoms with E-state index >= 15 is 0 Å². The highest BCUT2D eigenvalue weighted by atomic mass is 35.6. The fraction of sp³-hybridized carbons (Fsp3) is 0.286. The Balaban J connectivity index is 0.000000261. The van der Waals surface area contributed by atoms with Crippen LogP contribution < -0.4 is 19.7 Å². The van der Waals surface area contributed by atoms with Crippen molar-refractivity contribution in [2.24, 2.45) is 0 Å². The molecule has 1 aliphatic heterocycles. The van der Waals surface area contributed by atoms with Gasteiger partial charge in [0.1, 0.15) is 19.8 Å². The van der Waals surface area contributed by atoms with Crippen molar-refractivity contribution in [2.45, 2.75) is 78.3 Å². The molecule has 6 aromatic rings. The molecular formula is C49H45Cl6N5O5S2. The van der Waals surface area contributed by atoms with Crippen LogP contribution in [-0.4, -0.2) is 50.7 Å². The first-order valence-electron chi connectivity index (χ1n) is 21.3. The van der Waals surface area contributed by atoms with Crippen molar-refractivity contribution in [3.63, 3.8) is 0 Å². The third-order valence-corrected chi connectivity index (χ3v) is 13.9. The van der Waals surface area contributed by atoms with E-state index in [0.717, 1.165) is 35.0 Å². The summed E-state index contributed by atoms with van der Waals surface area (Å²) in [5.74, 6) is -1.52. The third-order valence-electron chi connectivity index (χ3n) is 10.4. The lowest BCUT2D eigenvalue weighted by molar-refractivity contribution is 0.0600. The Morgan fingerprint density at radius 3 is 1.76 bits per heavy atom. The zero-order valence-electron chi connectivity index (χ0n) is 36.8. The lowest BCUT2D eigenvalue weighted by Crippen LogP contribution is -2.36. The maximum atomic E-state index is 14.1. The first kappa shape index (κ1) is 52.1. The summed E-state index contributed by atoms with van der Waals surface area (Å²) < 4.78 is 3.33. The largest absolute Gasteiger partial charge is 0.465 e. The van der Waals surface area contributed by atoms with Crippen molar-refractivity contribution in [3.8, 4) is 11.4 Å². The molecule has 1 aliphatic rings. The summed E-state index contributed by atoms with van der Waals surface area (Å²) in [7, 11) is 1.28. The van der Waals surface area contributed by atoms with Gasteiger partial charge in [-0.25, -0.2) is 19.7 Å². The van der Waals surface area contributed by atoms with Gasteiger partial charge in [-0.2, -0.15) is 0 Å². The minimum Gasteiger partial charge on any atom is -0.465 e. The van der Waals surface area contributed by atoms with Crippen LogP contribution in [0.5, 0.6) is 0 Å². The number of fused-ring (bicyclic) bond motifs is 1. The molecule has 350 valence electrons. The van der Waals surface area contributed by atoms with Crippen LogP contribution in [0.4, 0.5) is 5.69 Å². The molecule has 18 heteroatoms. The second kappa shape index (κ2) is 23.4. The fourth-order valence-electron chi connectivity index (χ4n) is 7.05. The molecule has 0 bridgehead atoms. The number of anilines is 1. The molecule has 0 amide bonds. The van der Waals surface area contributed by atoms with Crippen molar-refractivity contribution >= 4 is 127 Å². The number of unbranched alkanes of at least 4 members (excludes halogenated alkanes) is 5. The number of methoxy groups -OCH3 is 1. The van der Waals surface area contributed by atoms with E-state index in [1.165, 1.54) is 61.8 Å². The highest BCUT2D eigenvalue weighted by Crippen LogP contribution is 2.47. The van der Waals surface area contributed by atoms with E-state index in [4.69, 9.17) is 69.6 Å². The molecule has 10 nitrogen and oxygen atoms in total. The number of thiazole rings is 1. The average Bonchev–Trinajstić information content (AvgIpc) is 3.84. The number of ketones is 2. The Bertz CT molecular complexity index is 2840. The van der Waals surface area contributed by atoms with Gasteiger partial charge in [0.15, 0.2) is 29.0 Å². The van der Waals surface area contributed by atoms with Crippen LogP contribution in [0.3, 0.4) is 0 Å². The van der Waals surface area contributed by atoms with Gasteiger partial charge in [0.05, 0.1) is 18.4 Å². The van der Waals surface area contributed by atoms with Crippen molar-refractivity contribution in [2.75, 3.05) is 18.6 Å². The van der Waals surface area contributed by atoms with Crippen molar-refractivity contribution in [1.29, 1.82) is 0 Å². The second-order valence-electron chi connectivity index (χ2n) is 15.2. The minimum absolute atomic E-state index is 0.0343. The highest BCUT2D eigenvalue weighted by Gasteiger charge is 2.34. The van der Waals surface area contributed by atoms with E-state index in [0.29, 0.717) is 38.0 Å². The van der Waals surface area contributed by atoms with Gasteiger partial charge in [-0.3, -0.25) is 19.0 Å². The number of halogens is 6. The zero-order chi connectivity index (χ0) is 48.5. The van der Waals surface area contributed by atoms with Gasteiger partial charge < -0.3 is 9.64 Å². The molecule has 0 unspecified atom stereocenters. The maximum absolute atomic E-state index is 14.1. The van der Waals surface area contributed by atoms with Crippen LogP contribution in [0.2, 0.25) is 0 Å². The number of thioether (sulfide) groups is 1. The number of carbonyl (C=O) groups excluding carboxylic acids is 3. The average molecular weight is 1060 g/mol. The number of Topliss-reactive ketones (excluding diaryl/α,β-unsaturated/α-hetero) is 2. The Labute approximate surface area is 426 Å². The van der Waals surface area contributed by atoms with Crippen LogP contribution in [0.1, 0.15) is 101 Å². The summed E-state index contributed by atoms with van der Waals surface area (Å²) in [6, 6.07) is 30.3. The van der Waals surface area contributed by atoms with Crippen molar-refractivity contribution in [1.82, 2.24) is 19.5 Å². The summed E-state index contributed by atoms with van der Waals surface area (Å²) in [4.78, 5) is 69.0. The number of carbonyl (C=O) groups is 3. The topological polar surface area (TPSA) is 124 Å². The van der Waals surface area contributed by atoms with E-state index in [-0.39, 0.29) is 40.2 Å². The van der Waals surface area contributed by atoms with E-state index in [9.17, 15) is 19.2 Å². The van der Waals surface area contributed by atoms with Crippen LogP contribution >= 0.6 is 92.7 Å². The van der Waals surface area contributed by atoms with Crippen LogP contribution in [0.15, 0.2) is 113 Å². The first-order chi connectivity index (χ1) is 32.0. The molecule has 0 spiro atoms. The van der Waals surface area contributed by atoms with E-state index in [2.05, 4.69) is 56.6 Å². The number of esters is 1. The number of benzene rings is 4. The summed E-state index contributed by atoms with van der Waals surface area (Å²) in [5, 5.41) is 0.885. The monoisotopic (exact) mass is 1060 g/mol. The molecule has 0 radical (unpaired) electrons. The SMILES string of the molecule is CCCCCCCCN1/C(=c2\sc(=C(C(=O)c3ccccc3)C(=O)c3ccccc3)n(CC)c2=O)Sc2cc(C)ccc21.COC(=O)c1ccc(-c2nc(C(Cl)(Cl)Cl)nc(C(Cl)(Cl)Cl)n2)cc1. The Hall–Kier alpha value is -4.24. The summed E-state index contributed by atoms with van der Waals surface area (Å²) in [6.07, 6.45) is 7.10. The van der Waals surface area contributed by atoms with Crippen LogP contribution in [-0.2, 0) is 18.9 Å². The van der Waals surface area contributed by atoms with Gasteiger partial charge in [-0.05, 0) is 50.1 Å². The lowest BCUT2D eigenvalue weighted by atomic mass is 9.96. The summed E-state index contributed by atoms with van der Waals surface area (Å²) in [6.45, 7) is 7.35. The van der Waals surface area contributed by atoms with E-state index in [1.54, 1.807) is 77.0 Å². The number of hydrogen-bond acceptors (Lipinski definition) is 11. The maximum Gasteiger partial charge on any atom is 0.337 e. The Morgan fingerprint density at radius 2 is 1.24 bits per heavy atom. The zero-order valence-corrected chi connectivity index (χ0v) is 43.0. The summed E-state index contributed by atoms with van der Waals surface area (Å²) >= 11 is 37.8. The highest BCUT2D eigenvalue weighted by molar-refractivity contribution is 8.08. The molecule has 0 aliphatic carbocycles. The number of rotatable bonds is 14. The van der Waals surface area contributed by atoms with Gasteiger partial charge in [0.25, 0.3) is 5.56 Å². The minimum atomic E-state index is -1.94. The molecule has 7 rings (SSSR count). The number of aromatic nitrogens is 4. The van der Waals surface area contributed by atoms with E-state index < -0.39 is 13.6 Å². The van der Waals surface area contributed by atoms with Crippen molar-refractivity contribution < 1.29 is 19.1 Å². The molecule has 0 atom stereocenters. The fourth-order valence-corrected chi connectivity index (χ4v) is 10.2. The van der Waals surface area contributed by atoms with Gasteiger partial charge >= 0.3 is 5.97 Å². The molecule has 0 N–H and O–H groups in total. The van der Waals surface area contributed by atoms with Crippen LogP contribution in [0, 0.1) is 6.92 Å². The summed E-state index contributed by atoms with van der Waals surface area (Å²) in [5.41, 5.74) is 3.83. The molecule has 3 heterocycles. The predicted molar refractivity (Wildman–Crippen MR) is 275 cm³/mol. The lowest BCUT2D eigenvalue weighted by Gasteiger charge is -2.20. The molecule has 0 saturated heterocycles. The smallest absolute Gasteiger partial charge is 0.337 e. The van der Waals surface area contributed by atoms with Gasteiger partial charge in [-0.1, -0.05) is 199 Å². The number of aryl methyl sites for hydroxylation is 1. The predicted octanol–water partition coefficient (Wildman–Crippen LogP) is 12.2. The van der Waals surface area contributed by atoms with Gasteiger partial charge in [-0.15, -0.1) is 11.3 Å². The van der Waals surface area contributed by atoms with E-state index in [1.807, 2.05) is 19.1 Å². The van der Waals surface area contributed by atoms with Gasteiger partial charge in [0.2, 0.25) is 7.59 Å². The van der Waals surface area contributed by atoms with Crippen molar-refractivity contribution in [3.05, 3.63) is 157 Å². The quantitative estimate of drug-likeness (QED) is 0.0342. The molecule has 0 saturated carbocycles. The molecule has 0 fully saturated rings. The number of nitrogens with zero attached hydrogens (tertiary/aromatic N) is 5. The standard InChI is InChI=1S/C36H38N2O3S2.C13H7Cl6N3O2/c1-4-6-7-8-9-16-23-38-28-22-21-25(3)24-29(28)42-36(38)33-34(41)37(5-2)35(43-33)30(31(39)26-17-12-10-13-18-26)32(40)27-19-14-11-15-20-27;1-24-9(23)7-4-2-6(3-5-7)8-20-10(12(14,15)16)22-11(21-8)13(17,18)19/h10-15,17-22,24H,4-9,16,23H2,1-3H3;2-5H,1H3/b36-33+;. The molecular weight excluding hydrogens is 1020 g/mol.